The Labute approximate surface area is 242 Å². The number of rotatable bonds is 10. The molecule has 16 nitrogen and oxygen atoms in total. The van der Waals surface area contributed by atoms with Crippen LogP contribution in [0.4, 0.5) is 11.8 Å². The number of nitrogens with one attached hydrogen (secondary N) is 2. The van der Waals surface area contributed by atoms with Gasteiger partial charge in [0.15, 0.2) is 10.8 Å². The van der Waals surface area contributed by atoms with E-state index in [1.807, 2.05) is 6.07 Å². The zero-order valence-electron chi connectivity index (χ0n) is 22.9. The monoisotopic (exact) mass is 616 g/mol. The Morgan fingerprint density at radius 1 is 1.12 bits per heavy atom. The van der Waals surface area contributed by atoms with Gasteiger partial charge in [-0.05, 0) is 44.2 Å². The maximum atomic E-state index is 13.2. The van der Waals surface area contributed by atoms with Crippen LogP contribution in [0.25, 0.3) is 0 Å². The van der Waals surface area contributed by atoms with E-state index in [0.717, 1.165) is 0 Å². The molecular weight excluding hydrogens is 588 g/mol. The van der Waals surface area contributed by atoms with E-state index in [-0.39, 0.29) is 40.9 Å². The van der Waals surface area contributed by atoms with Gasteiger partial charge in [0.25, 0.3) is 15.9 Å². The topological polar surface area (TPSA) is 213 Å². The fraction of sp³-hybridized carbons (Fsp3) is 0.375. The SMILES string of the molecule is COC(C)NS(=O)(=O)Cc1ncccc1C(=O)Nc1ccc(S(=O)(=O)N2CCN(c3nc(C)cc(C#N)n3)CC2)nn1. The number of anilines is 2. The summed E-state index contributed by atoms with van der Waals surface area (Å²) in [5.41, 5.74) is 0.849. The molecule has 4 rings (SSSR count). The molecule has 1 fully saturated rings. The fourth-order valence-corrected chi connectivity index (χ4v) is 6.57. The Bertz CT molecular complexity index is 1700. The van der Waals surface area contributed by atoms with Gasteiger partial charge in [0.1, 0.15) is 23.7 Å². The minimum atomic E-state index is -3.99. The summed E-state index contributed by atoms with van der Waals surface area (Å²) < 4.78 is 59.7. The van der Waals surface area contributed by atoms with Gasteiger partial charge in [-0.25, -0.2) is 26.8 Å². The molecule has 0 spiro atoms. The molecule has 1 unspecified atom stereocenters. The van der Waals surface area contributed by atoms with Crippen molar-refractivity contribution in [3.63, 3.8) is 0 Å². The molecule has 0 aromatic carbocycles. The first-order chi connectivity index (χ1) is 19.9. The number of piperazine rings is 1. The standard InChI is InChI=1S/C24H28N10O6S2/c1-16-13-18(14-25)28-24(27-16)33-9-11-34(12-10-33)42(38,39)22-7-6-21(30-31-22)29-23(35)19-5-4-8-26-20(19)15-41(36,37)32-17(2)40-3/h4-8,13,17,32H,9-12,15H2,1-3H3,(H,29,30,35). The molecule has 0 aliphatic carbocycles. The molecule has 2 N–H and O–H groups in total. The summed E-state index contributed by atoms with van der Waals surface area (Å²) in [4.78, 5) is 27.3. The highest BCUT2D eigenvalue weighted by Crippen LogP contribution is 2.19. The largest absolute Gasteiger partial charge is 0.366 e. The first-order valence-electron chi connectivity index (χ1n) is 12.5. The van der Waals surface area contributed by atoms with Gasteiger partial charge in [-0.15, -0.1) is 10.2 Å². The van der Waals surface area contributed by atoms with Crippen molar-refractivity contribution in [3.8, 4) is 6.07 Å². The Morgan fingerprint density at radius 2 is 1.86 bits per heavy atom. The lowest BCUT2D eigenvalue weighted by Gasteiger charge is -2.33. The molecule has 3 aromatic heterocycles. The Kier molecular flexibility index (Phi) is 9.38. The second-order valence-electron chi connectivity index (χ2n) is 9.16. The van der Waals surface area contributed by atoms with Gasteiger partial charge < -0.3 is 15.0 Å². The Hall–Kier alpha value is -4.15. The molecule has 1 amide bonds. The van der Waals surface area contributed by atoms with Crippen molar-refractivity contribution < 1.29 is 26.4 Å². The van der Waals surface area contributed by atoms with E-state index < -0.39 is 37.9 Å². The Morgan fingerprint density at radius 3 is 2.50 bits per heavy atom. The number of ether oxygens (including phenoxy) is 1. The molecule has 1 aliphatic rings. The van der Waals surface area contributed by atoms with E-state index in [2.05, 4.69) is 35.2 Å². The molecular formula is C24H28N10O6S2. The van der Waals surface area contributed by atoms with Crippen molar-refractivity contribution in [2.75, 3.05) is 43.5 Å². The number of aryl methyl sites for hydroxylation is 1. The molecule has 0 bridgehead atoms. The molecule has 3 aromatic rings. The number of carbonyl (C=O) groups is 1. The van der Waals surface area contributed by atoms with Crippen molar-refractivity contribution in [1.82, 2.24) is 34.2 Å². The quantitative estimate of drug-likeness (QED) is 0.288. The summed E-state index contributed by atoms with van der Waals surface area (Å²) in [6.45, 7) is 4.13. The van der Waals surface area contributed by atoms with Crippen LogP contribution in [0.1, 0.15) is 34.4 Å². The first kappa shape index (κ1) is 30.8. The van der Waals surface area contributed by atoms with Gasteiger partial charge in [-0.3, -0.25) is 9.78 Å². The number of nitrogens with zero attached hydrogens (tertiary/aromatic N) is 8. The van der Waals surface area contributed by atoms with Crippen molar-refractivity contribution in [1.29, 1.82) is 5.26 Å². The highest BCUT2D eigenvalue weighted by atomic mass is 32.2. The van der Waals surface area contributed by atoms with Crippen molar-refractivity contribution in [2.24, 2.45) is 0 Å². The van der Waals surface area contributed by atoms with E-state index >= 15 is 0 Å². The van der Waals surface area contributed by atoms with Crippen molar-refractivity contribution in [3.05, 3.63) is 59.2 Å². The number of amides is 1. The van der Waals surface area contributed by atoms with Gasteiger partial charge in [0, 0.05) is 45.2 Å². The summed E-state index contributed by atoms with van der Waals surface area (Å²) in [5.74, 6) is -0.959. The summed E-state index contributed by atoms with van der Waals surface area (Å²) in [5, 5.41) is 19.0. The molecule has 42 heavy (non-hydrogen) atoms. The minimum Gasteiger partial charge on any atom is -0.366 e. The zero-order chi connectivity index (χ0) is 30.5. The average Bonchev–Trinajstić information content (AvgIpc) is 2.96. The van der Waals surface area contributed by atoms with Crippen LogP contribution in [0.2, 0.25) is 0 Å². The smallest absolute Gasteiger partial charge is 0.262 e. The molecule has 1 saturated heterocycles. The lowest BCUT2D eigenvalue weighted by atomic mass is 10.2. The summed E-state index contributed by atoms with van der Waals surface area (Å²) >= 11 is 0. The van der Waals surface area contributed by atoms with Crippen LogP contribution in [-0.2, 0) is 30.5 Å². The normalized spacial score (nSPS) is 15.1. The highest BCUT2D eigenvalue weighted by Gasteiger charge is 2.31. The molecule has 222 valence electrons. The molecule has 0 radical (unpaired) electrons. The van der Waals surface area contributed by atoms with Crippen molar-refractivity contribution in [2.45, 2.75) is 30.9 Å². The van der Waals surface area contributed by atoms with E-state index in [9.17, 15) is 21.6 Å². The Balaban J connectivity index is 1.41. The van der Waals surface area contributed by atoms with Crippen LogP contribution in [0.3, 0.4) is 0 Å². The van der Waals surface area contributed by atoms with Gasteiger partial charge in [0.05, 0.1) is 11.3 Å². The predicted molar refractivity (Wildman–Crippen MR) is 149 cm³/mol. The third-order valence-electron chi connectivity index (χ3n) is 6.12. The number of hydrogen-bond donors (Lipinski definition) is 2. The van der Waals surface area contributed by atoms with Crippen LogP contribution in [-0.4, -0.2) is 91.7 Å². The van der Waals surface area contributed by atoms with E-state index in [1.165, 1.54) is 48.8 Å². The maximum Gasteiger partial charge on any atom is 0.262 e. The van der Waals surface area contributed by atoms with Gasteiger partial charge >= 0.3 is 0 Å². The minimum absolute atomic E-state index is 0.00277. The number of aromatic nitrogens is 5. The van der Waals surface area contributed by atoms with E-state index in [0.29, 0.717) is 24.7 Å². The van der Waals surface area contributed by atoms with Crippen LogP contribution in [0.5, 0.6) is 0 Å². The number of nitriles is 1. The lowest BCUT2D eigenvalue weighted by Crippen LogP contribution is -2.49. The lowest BCUT2D eigenvalue weighted by molar-refractivity contribution is 0.102. The number of sulfonamides is 2. The van der Waals surface area contributed by atoms with Crippen LogP contribution in [0, 0.1) is 18.3 Å². The second-order valence-corrected chi connectivity index (χ2v) is 12.8. The molecule has 0 saturated carbocycles. The summed E-state index contributed by atoms with van der Waals surface area (Å²) in [6, 6.07) is 8.94. The van der Waals surface area contributed by atoms with Crippen LogP contribution >= 0.6 is 0 Å². The second kappa shape index (κ2) is 12.8. The molecule has 1 aliphatic heterocycles. The fourth-order valence-electron chi connectivity index (χ4n) is 4.00. The van der Waals surface area contributed by atoms with Gasteiger partial charge in [0.2, 0.25) is 16.0 Å². The zero-order valence-corrected chi connectivity index (χ0v) is 24.6. The molecule has 1 atom stereocenters. The number of methoxy groups -OCH3 is 1. The van der Waals surface area contributed by atoms with Gasteiger partial charge in [-0.2, -0.15) is 14.3 Å². The predicted octanol–water partition coefficient (Wildman–Crippen LogP) is 0.0167. The van der Waals surface area contributed by atoms with Crippen LogP contribution < -0.4 is 14.9 Å². The van der Waals surface area contributed by atoms with Crippen LogP contribution in [0.15, 0.2) is 41.6 Å². The highest BCUT2D eigenvalue weighted by molar-refractivity contribution is 7.89. The third kappa shape index (κ3) is 7.37. The van der Waals surface area contributed by atoms with Crippen molar-refractivity contribution >= 4 is 37.7 Å². The summed E-state index contributed by atoms with van der Waals surface area (Å²) in [6.07, 6.45) is 0.586. The molecule has 18 heteroatoms. The first-order valence-corrected chi connectivity index (χ1v) is 15.6. The number of pyridine rings is 1. The van der Waals surface area contributed by atoms with E-state index in [4.69, 9.17) is 10.00 Å². The summed E-state index contributed by atoms with van der Waals surface area (Å²) in [7, 11) is -6.52. The third-order valence-corrected chi connectivity index (χ3v) is 9.26. The molecule has 4 heterocycles. The number of hydrogen-bond acceptors (Lipinski definition) is 13. The van der Waals surface area contributed by atoms with E-state index in [1.54, 1.807) is 17.9 Å². The van der Waals surface area contributed by atoms with Gasteiger partial charge in [-0.1, -0.05) is 0 Å². The average molecular weight is 617 g/mol. The maximum absolute atomic E-state index is 13.2. The number of carbonyl (C=O) groups excluding carboxylic acids is 1.